The molecule has 7 saturated carbocycles. The van der Waals surface area contributed by atoms with Crippen LogP contribution in [0.3, 0.4) is 0 Å². The number of hydrogen-bond acceptors (Lipinski definition) is 3. The molecule has 3 unspecified atom stereocenters. The van der Waals surface area contributed by atoms with Crippen LogP contribution >= 0.6 is 0 Å². The third-order valence-electron chi connectivity index (χ3n) is 11.9. The highest BCUT2D eigenvalue weighted by Crippen LogP contribution is 2.64. The van der Waals surface area contributed by atoms with Crippen LogP contribution in [-0.2, 0) is 14.3 Å². The Labute approximate surface area is 193 Å². The lowest BCUT2D eigenvalue weighted by molar-refractivity contribution is -0.185. The van der Waals surface area contributed by atoms with Gasteiger partial charge in [-0.2, -0.15) is 0 Å². The third-order valence-corrected chi connectivity index (χ3v) is 11.9. The van der Waals surface area contributed by atoms with Crippen molar-refractivity contribution in [2.75, 3.05) is 0 Å². The maximum Gasteiger partial charge on any atom is 0.312 e. The molecule has 0 aromatic rings. The zero-order valence-corrected chi connectivity index (χ0v) is 19.8. The molecule has 6 atom stereocenters. The Bertz CT molecular complexity index is 834. The first kappa shape index (κ1) is 20.3. The van der Waals surface area contributed by atoms with E-state index in [2.05, 4.69) is 6.92 Å². The predicted molar refractivity (Wildman–Crippen MR) is 123 cm³/mol. The van der Waals surface area contributed by atoms with Crippen molar-refractivity contribution in [3.8, 4) is 0 Å². The van der Waals surface area contributed by atoms with Gasteiger partial charge in [0.2, 0.25) is 0 Å². The van der Waals surface area contributed by atoms with Gasteiger partial charge in [0.1, 0.15) is 6.10 Å². The fourth-order valence-electron chi connectivity index (χ4n) is 10.9. The molecule has 3 nitrogen and oxygen atoms in total. The normalized spacial score (nSPS) is 53.3. The Kier molecular flexibility index (Phi) is 4.40. The molecule has 0 aromatic carbocycles. The number of hydrogen-bond donors (Lipinski definition) is 0. The molecule has 0 amide bonds. The van der Waals surface area contributed by atoms with E-state index in [1.807, 2.05) is 6.08 Å². The molecular formula is C29H40O3. The maximum absolute atomic E-state index is 13.7. The van der Waals surface area contributed by atoms with Crippen LogP contribution in [0.25, 0.3) is 0 Å². The Balaban J connectivity index is 1.09. The summed E-state index contributed by atoms with van der Waals surface area (Å²) >= 11 is 0. The van der Waals surface area contributed by atoms with Gasteiger partial charge in [-0.3, -0.25) is 9.59 Å². The largest absolute Gasteiger partial charge is 0.461 e. The van der Waals surface area contributed by atoms with Crippen molar-refractivity contribution in [2.45, 2.75) is 103 Å². The molecular weight excluding hydrogens is 396 g/mol. The third kappa shape index (κ3) is 2.84. The molecule has 4 bridgehead atoms. The number of allylic oxidation sites excluding steroid dienone is 1. The van der Waals surface area contributed by atoms with Crippen molar-refractivity contribution in [3.05, 3.63) is 11.6 Å². The van der Waals surface area contributed by atoms with E-state index in [0.717, 1.165) is 74.5 Å². The molecule has 8 aliphatic carbocycles. The van der Waals surface area contributed by atoms with Gasteiger partial charge in [-0.1, -0.05) is 12.5 Å². The van der Waals surface area contributed by atoms with E-state index in [-0.39, 0.29) is 22.9 Å². The highest BCUT2D eigenvalue weighted by atomic mass is 16.5. The van der Waals surface area contributed by atoms with E-state index in [0.29, 0.717) is 17.6 Å². The molecule has 174 valence electrons. The lowest BCUT2D eigenvalue weighted by Crippen LogP contribution is -2.53. The molecule has 0 aromatic heterocycles. The molecule has 3 heteroatoms. The van der Waals surface area contributed by atoms with Crippen LogP contribution in [0.15, 0.2) is 11.6 Å². The summed E-state index contributed by atoms with van der Waals surface area (Å²) in [6, 6.07) is 0. The predicted octanol–water partition coefficient (Wildman–Crippen LogP) is 6.26. The van der Waals surface area contributed by atoms with Crippen LogP contribution in [0.4, 0.5) is 0 Å². The van der Waals surface area contributed by atoms with Gasteiger partial charge in [-0.05, 0) is 131 Å². The Morgan fingerprint density at radius 3 is 2.34 bits per heavy atom. The van der Waals surface area contributed by atoms with Gasteiger partial charge < -0.3 is 4.74 Å². The number of fused-ring (bicyclic) bond motifs is 5. The Hall–Kier alpha value is -1.12. The molecule has 0 aliphatic heterocycles. The second kappa shape index (κ2) is 6.95. The lowest BCUT2D eigenvalue weighted by Gasteiger charge is -2.56. The standard InChI is InChI=1S/C29H40O3/c1-28-9-8-23-22-5-3-21(30)13-20(22)2-4-24(23)25(28)6-7-26(28)32-27(31)29-14-17-10-18(15-29)12-19(11-17)16-29/h13,17-19,22-26H,2-12,14-16H2,1H3/t17?,18?,19?,22?,23-,24?,25-,26-,28?,29?/m1/s1. The molecule has 8 aliphatic rings. The van der Waals surface area contributed by atoms with E-state index in [9.17, 15) is 9.59 Å². The average molecular weight is 437 g/mol. The van der Waals surface area contributed by atoms with Gasteiger partial charge in [-0.25, -0.2) is 0 Å². The first-order valence-corrected chi connectivity index (χ1v) is 13.9. The van der Waals surface area contributed by atoms with Crippen LogP contribution in [0.1, 0.15) is 96.8 Å². The zero-order chi connectivity index (χ0) is 21.7. The van der Waals surface area contributed by atoms with E-state index in [1.54, 1.807) is 0 Å². The van der Waals surface area contributed by atoms with Gasteiger partial charge >= 0.3 is 5.97 Å². The fourth-order valence-corrected chi connectivity index (χ4v) is 10.9. The minimum atomic E-state index is -0.125. The molecule has 0 spiro atoms. The summed E-state index contributed by atoms with van der Waals surface area (Å²) in [6.07, 6.45) is 18.6. The van der Waals surface area contributed by atoms with Gasteiger partial charge in [-0.15, -0.1) is 0 Å². The summed E-state index contributed by atoms with van der Waals surface area (Å²) in [7, 11) is 0. The van der Waals surface area contributed by atoms with Gasteiger partial charge in [0.15, 0.2) is 5.78 Å². The molecule has 32 heavy (non-hydrogen) atoms. The monoisotopic (exact) mass is 436 g/mol. The summed E-state index contributed by atoms with van der Waals surface area (Å²) in [4.78, 5) is 25.7. The molecule has 0 radical (unpaired) electrons. The number of carbonyl (C=O) groups is 2. The van der Waals surface area contributed by atoms with Gasteiger partial charge in [0.05, 0.1) is 5.41 Å². The topological polar surface area (TPSA) is 43.4 Å². The van der Waals surface area contributed by atoms with Crippen molar-refractivity contribution in [1.29, 1.82) is 0 Å². The molecule has 0 N–H and O–H groups in total. The van der Waals surface area contributed by atoms with Gasteiger partial charge in [0.25, 0.3) is 0 Å². The van der Waals surface area contributed by atoms with E-state index >= 15 is 0 Å². The van der Waals surface area contributed by atoms with Crippen LogP contribution in [0, 0.1) is 52.3 Å². The first-order chi connectivity index (χ1) is 15.4. The summed E-state index contributed by atoms with van der Waals surface area (Å²) in [5.74, 6) is 5.83. The highest BCUT2D eigenvalue weighted by Gasteiger charge is 2.60. The van der Waals surface area contributed by atoms with E-state index in [4.69, 9.17) is 4.74 Å². The lowest BCUT2D eigenvalue weighted by atomic mass is 9.49. The van der Waals surface area contributed by atoms with Crippen LogP contribution in [0.2, 0.25) is 0 Å². The van der Waals surface area contributed by atoms with Crippen molar-refractivity contribution in [3.63, 3.8) is 0 Å². The first-order valence-electron chi connectivity index (χ1n) is 13.9. The van der Waals surface area contributed by atoms with Crippen LogP contribution in [-0.4, -0.2) is 17.9 Å². The fraction of sp³-hybridized carbons (Fsp3) is 0.862. The van der Waals surface area contributed by atoms with Crippen molar-refractivity contribution < 1.29 is 14.3 Å². The SMILES string of the molecule is CC12CC[C@@H]3C4CCC(=O)C=C4CCC3[C@H]1CC[C@H]2OC(=O)C12CC3CC(CC(C3)C1)C2. The summed E-state index contributed by atoms with van der Waals surface area (Å²) in [5.41, 5.74) is 1.51. The van der Waals surface area contributed by atoms with E-state index < -0.39 is 0 Å². The second-order valence-corrected chi connectivity index (χ2v) is 13.5. The van der Waals surface area contributed by atoms with Crippen molar-refractivity contribution in [2.24, 2.45) is 52.3 Å². The maximum atomic E-state index is 13.7. The smallest absolute Gasteiger partial charge is 0.312 e. The Morgan fingerprint density at radius 1 is 0.906 bits per heavy atom. The molecule has 0 heterocycles. The summed E-state index contributed by atoms with van der Waals surface area (Å²) < 4.78 is 6.57. The molecule has 8 rings (SSSR count). The number of ether oxygens (including phenoxy) is 1. The molecule has 0 saturated heterocycles. The number of ketones is 1. The highest BCUT2D eigenvalue weighted by molar-refractivity contribution is 5.91. The van der Waals surface area contributed by atoms with Crippen LogP contribution < -0.4 is 0 Å². The van der Waals surface area contributed by atoms with E-state index in [1.165, 1.54) is 50.5 Å². The Morgan fingerprint density at radius 2 is 1.62 bits per heavy atom. The molecule has 7 fully saturated rings. The number of carbonyl (C=O) groups excluding carboxylic acids is 2. The minimum Gasteiger partial charge on any atom is -0.461 e. The zero-order valence-electron chi connectivity index (χ0n) is 19.8. The van der Waals surface area contributed by atoms with Gasteiger partial charge in [0, 0.05) is 11.8 Å². The van der Waals surface area contributed by atoms with Crippen molar-refractivity contribution in [1.82, 2.24) is 0 Å². The minimum absolute atomic E-state index is 0.125. The second-order valence-electron chi connectivity index (χ2n) is 13.5. The number of rotatable bonds is 2. The average Bonchev–Trinajstić information content (AvgIpc) is 3.08. The number of esters is 1. The quantitative estimate of drug-likeness (QED) is 0.480. The summed E-state index contributed by atoms with van der Waals surface area (Å²) in [5, 5.41) is 0. The van der Waals surface area contributed by atoms with Crippen molar-refractivity contribution >= 4 is 11.8 Å². The summed E-state index contributed by atoms with van der Waals surface area (Å²) in [6.45, 7) is 2.47. The van der Waals surface area contributed by atoms with Crippen LogP contribution in [0.5, 0.6) is 0 Å².